The minimum absolute atomic E-state index is 0.0154. The quantitative estimate of drug-likeness (QED) is 0.474. The third-order valence-electron chi connectivity index (χ3n) is 3.58. The van der Waals surface area contributed by atoms with Gasteiger partial charge in [-0.1, -0.05) is 0 Å². The number of methoxy groups -OCH3 is 2. The molecule has 2 unspecified atom stereocenters. The molecule has 1 aromatic carbocycles. The van der Waals surface area contributed by atoms with Gasteiger partial charge in [0.1, 0.15) is 12.2 Å². The van der Waals surface area contributed by atoms with Gasteiger partial charge in [-0.05, 0) is 11.6 Å². The SMILES string of the molecule is COC1CN(c2ccc([N+](=O)[O-])cc2CCl)CC1OC. The summed E-state index contributed by atoms with van der Waals surface area (Å²) in [5, 5.41) is 10.8. The number of nitrogens with zero attached hydrogens (tertiary/aromatic N) is 2. The Morgan fingerprint density at radius 1 is 1.35 bits per heavy atom. The smallest absolute Gasteiger partial charge is 0.269 e. The second-order valence-corrected chi connectivity index (χ2v) is 4.92. The van der Waals surface area contributed by atoms with E-state index in [9.17, 15) is 10.1 Å². The Labute approximate surface area is 122 Å². The standard InChI is InChI=1S/C13H17ClN2O4/c1-19-12-7-15(8-13(12)20-2)11-4-3-10(16(17)18)5-9(11)6-14/h3-5,12-13H,6-8H2,1-2H3. The summed E-state index contributed by atoms with van der Waals surface area (Å²) in [4.78, 5) is 12.5. The first kappa shape index (κ1) is 15.0. The summed E-state index contributed by atoms with van der Waals surface area (Å²) >= 11 is 5.92. The molecule has 0 N–H and O–H groups in total. The highest BCUT2D eigenvalue weighted by Crippen LogP contribution is 2.30. The Morgan fingerprint density at radius 2 is 1.95 bits per heavy atom. The molecular formula is C13H17ClN2O4. The maximum atomic E-state index is 10.8. The first-order chi connectivity index (χ1) is 9.60. The van der Waals surface area contributed by atoms with Crippen LogP contribution >= 0.6 is 11.6 Å². The predicted octanol–water partition coefficient (Wildman–Crippen LogP) is 2.18. The molecule has 7 heteroatoms. The van der Waals surface area contributed by atoms with Gasteiger partial charge in [-0.25, -0.2) is 0 Å². The number of alkyl halides is 1. The lowest BCUT2D eigenvalue weighted by Gasteiger charge is -2.20. The van der Waals surface area contributed by atoms with Gasteiger partial charge in [0, 0.05) is 51.0 Å². The highest BCUT2D eigenvalue weighted by atomic mass is 35.5. The average molecular weight is 301 g/mol. The molecular weight excluding hydrogens is 284 g/mol. The van der Waals surface area contributed by atoms with E-state index in [0.29, 0.717) is 13.1 Å². The van der Waals surface area contributed by atoms with Crippen LogP contribution in [-0.2, 0) is 15.4 Å². The van der Waals surface area contributed by atoms with Gasteiger partial charge in [0.05, 0.1) is 4.92 Å². The van der Waals surface area contributed by atoms with Gasteiger partial charge in [0.25, 0.3) is 5.69 Å². The summed E-state index contributed by atoms with van der Waals surface area (Å²) in [6.07, 6.45) is -0.0308. The molecule has 2 rings (SSSR count). The zero-order valence-electron chi connectivity index (χ0n) is 11.4. The largest absolute Gasteiger partial charge is 0.377 e. The minimum Gasteiger partial charge on any atom is -0.377 e. The highest BCUT2D eigenvalue weighted by molar-refractivity contribution is 6.17. The third kappa shape index (κ3) is 2.87. The molecule has 0 amide bonds. The fraction of sp³-hybridized carbons (Fsp3) is 0.538. The molecule has 20 heavy (non-hydrogen) atoms. The Hall–Kier alpha value is -1.37. The van der Waals surface area contributed by atoms with Crippen molar-refractivity contribution >= 4 is 23.0 Å². The molecule has 2 atom stereocenters. The molecule has 1 saturated heterocycles. The molecule has 0 bridgehead atoms. The van der Waals surface area contributed by atoms with Gasteiger partial charge in [0.2, 0.25) is 0 Å². The number of nitro groups is 1. The van der Waals surface area contributed by atoms with Crippen LogP contribution in [0.5, 0.6) is 0 Å². The van der Waals surface area contributed by atoms with E-state index in [1.54, 1.807) is 20.3 Å². The van der Waals surface area contributed by atoms with E-state index in [1.165, 1.54) is 12.1 Å². The first-order valence-corrected chi connectivity index (χ1v) is 6.78. The fourth-order valence-electron chi connectivity index (χ4n) is 2.49. The van der Waals surface area contributed by atoms with Crippen molar-refractivity contribution in [2.45, 2.75) is 18.1 Å². The Bertz CT molecular complexity index is 485. The second kappa shape index (κ2) is 6.39. The summed E-state index contributed by atoms with van der Waals surface area (Å²) < 4.78 is 10.8. The maximum absolute atomic E-state index is 10.8. The Kier molecular flexibility index (Phi) is 4.80. The van der Waals surface area contributed by atoms with Gasteiger partial charge in [-0.3, -0.25) is 10.1 Å². The fourth-order valence-corrected chi connectivity index (χ4v) is 2.71. The topological polar surface area (TPSA) is 64.8 Å². The zero-order valence-corrected chi connectivity index (χ0v) is 12.2. The number of hydrogen-bond acceptors (Lipinski definition) is 5. The molecule has 0 aliphatic carbocycles. The predicted molar refractivity (Wildman–Crippen MR) is 76.5 cm³/mol. The summed E-state index contributed by atoms with van der Waals surface area (Å²) in [5.74, 6) is 0.225. The number of ether oxygens (including phenoxy) is 2. The van der Waals surface area contributed by atoms with Crippen LogP contribution in [-0.4, -0.2) is 44.4 Å². The maximum Gasteiger partial charge on any atom is 0.269 e. The minimum atomic E-state index is -0.417. The van der Waals surface area contributed by atoms with Gasteiger partial charge >= 0.3 is 0 Å². The van der Waals surface area contributed by atoms with Gasteiger partial charge in [-0.15, -0.1) is 11.6 Å². The van der Waals surface area contributed by atoms with E-state index < -0.39 is 4.92 Å². The number of benzene rings is 1. The molecule has 1 aliphatic heterocycles. The lowest BCUT2D eigenvalue weighted by atomic mass is 10.1. The van der Waals surface area contributed by atoms with Crippen molar-refractivity contribution in [3.8, 4) is 0 Å². The van der Waals surface area contributed by atoms with Crippen molar-refractivity contribution in [2.75, 3.05) is 32.2 Å². The van der Waals surface area contributed by atoms with Crippen molar-refractivity contribution in [1.29, 1.82) is 0 Å². The van der Waals surface area contributed by atoms with Crippen molar-refractivity contribution in [3.63, 3.8) is 0 Å². The first-order valence-electron chi connectivity index (χ1n) is 6.24. The molecule has 6 nitrogen and oxygen atoms in total. The molecule has 0 saturated carbocycles. The average Bonchev–Trinajstić information content (AvgIpc) is 2.89. The van der Waals surface area contributed by atoms with E-state index in [1.807, 2.05) is 0 Å². The van der Waals surface area contributed by atoms with E-state index >= 15 is 0 Å². The van der Waals surface area contributed by atoms with E-state index in [-0.39, 0.29) is 23.8 Å². The summed E-state index contributed by atoms with van der Waals surface area (Å²) in [6, 6.07) is 4.75. The van der Waals surface area contributed by atoms with Crippen LogP contribution in [0.25, 0.3) is 0 Å². The molecule has 1 fully saturated rings. The third-order valence-corrected chi connectivity index (χ3v) is 3.87. The van der Waals surface area contributed by atoms with Crippen molar-refractivity contribution in [1.82, 2.24) is 0 Å². The van der Waals surface area contributed by atoms with Crippen molar-refractivity contribution in [2.24, 2.45) is 0 Å². The Morgan fingerprint density at radius 3 is 2.40 bits per heavy atom. The molecule has 1 heterocycles. The van der Waals surface area contributed by atoms with Crippen LogP contribution in [0, 0.1) is 10.1 Å². The van der Waals surface area contributed by atoms with Crippen molar-refractivity contribution < 1.29 is 14.4 Å². The zero-order chi connectivity index (χ0) is 14.7. The summed E-state index contributed by atoms with van der Waals surface area (Å²) in [7, 11) is 3.30. The lowest BCUT2D eigenvalue weighted by Crippen LogP contribution is -2.27. The molecule has 0 radical (unpaired) electrons. The number of anilines is 1. The van der Waals surface area contributed by atoms with Crippen LogP contribution in [0.2, 0.25) is 0 Å². The second-order valence-electron chi connectivity index (χ2n) is 4.66. The van der Waals surface area contributed by atoms with Crippen LogP contribution in [0.1, 0.15) is 5.56 Å². The van der Waals surface area contributed by atoms with Crippen LogP contribution in [0.3, 0.4) is 0 Å². The molecule has 1 aliphatic rings. The molecule has 0 aromatic heterocycles. The molecule has 1 aromatic rings. The van der Waals surface area contributed by atoms with E-state index in [2.05, 4.69) is 4.90 Å². The van der Waals surface area contributed by atoms with E-state index in [4.69, 9.17) is 21.1 Å². The van der Waals surface area contributed by atoms with Gasteiger partial charge in [-0.2, -0.15) is 0 Å². The summed E-state index contributed by atoms with van der Waals surface area (Å²) in [5.41, 5.74) is 1.69. The number of hydrogen-bond donors (Lipinski definition) is 0. The van der Waals surface area contributed by atoms with Crippen LogP contribution in [0.15, 0.2) is 18.2 Å². The lowest BCUT2D eigenvalue weighted by molar-refractivity contribution is -0.384. The molecule has 0 spiro atoms. The van der Waals surface area contributed by atoms with Gasteiger partial charge < -0.3 is 14.4 Å². The van der Waals surface area contributed by atoms with Crippen molar-refractivity contribution in [3.05, 3.63) is 33.9 Å². The normalized spacial score (nSPS) is 22.2. The Balaban J connectivity index is 2.27. The summed E-state index contributed by atoms with van der Waals surface area (Å²) in [6.45, 7) is 1.35. The van der Waals surface area contributed by atoms with E-state index in [0.717, 1.165) is 11.3 Å². The molecule has 110 valence electrons. The van der Waals surface area contributed by atoms with Gasteiger partial charge in [0.15, 0.2) is 0 Å². The highest BCUT2D eigenvalue weighted by Gasteiger charge is 2.34. The van der Waals surface area contributed by atoms with Crippen LogP contribution < -0.4 is 4.90 Å². The number of rotatable bonds is 5. The number of nitro benzene ring substituents is 1. The van der Waals surface area contributed by atoms with Crippen LogP contribution in [0.4, 0.5) is 11.4 Å². The number of halogens is 1. The monoisotopic (exact) mass is 300 g/mol. The number of non-ortho nitro benzene ring substituents is 1.